The number of ether oxygens (including phenoxy) is 1. The normalized spacial score (nSPS) is 11.8. The smallest absolute Gasteiger partial charge is 0.182 e. The van der Waals surface area contributed by atoms with Crippen LogP contribution in [0.5, 0.6) is 5.75 Å². The largest absolute Gasteiger partial charge is 0.485 e. The predicted octanol–water partition coefficient (Wildman–Crippen LogP) is 2.73. The van der Waals surface area contributed by atoms with Gasteiger partial charge in [-0.3, -0.25) is 13.9 Å². The van der Waals surface area contributed by atoms with Crippen molar-refractivity contribution < 1.29 is 28.5 Å². The Bertz CT molecular complexity index is 1320. The summed E-state index contributed by atoms with van der Waals surface area (Å²) in [5.74, 6) is -1.56. The molecule has 0 amide bonds. The summed E-state index contributed by atoms with van der Waals surface area (Å²) in [4.78, 5) is 17.8. The highest BCUT2D eigenvalue weighted by Gasteiger charge is 2.37. The molecule has 178 valence electrons. The first-order chi connectivity index (χ1) is 16.3. The fraction of sp³-hybridized carbons (Fsp3) is 0.292. The molecular weight excluding hydrogens is 446 g/mol. The average Bonchev–Trinajstić information content (AvgIpc) is 3.40. The van der Waals surface area contributed by atoms with Gasteiger partial charge in [0.05, 0.1) is 35.6 Å². The number of nitrogens with zero attached hydrogens (tertiary/aromatic N) is 4. The summed E-state index contributed by atoms with van der Waals surface area (Å²) in [6.07, 6.45) is 3.08. The van der Waals surface area contributed by atoms with E-state index in [9.17, 15) is 23.8 Å². The molecule has 0 unspecified atom stereocenters. The first-order valence-corrected chi connectivity index (χ1v) is 10.6. The zero-order valence-corrected chi connectivity index (χ0v) is 18.7. The van der Waals surface area contributed by atoms with Gasteiger partial charge in [-0.2, -0.15) is 5.10 Å². The number of aromatic nitrogens is 4. The van der Waals surface area contributed by atoms with E-state index in [1.165, 1.54) is 15.1 Å². The summed E-state index contributed by atoms with van der Waals surface area (Å²) in [6.45, 7) is 0.335. The second kappa shape index (κ2) is 9.32. The van der Waals surface area contributed by atoms with Gasteiger partial charge in [0.25, 0.3) is 0 Å². The Morgan fingerprint density at radius 1 is 1.09 bits per heavy atom. The van der Waals surface area contributed by atoms with Crippen LogP contribution in [0, 0.1) is 18.6 Å². The van der Waals surface area contributed by atoms with Crippen LogP contribution in [-0.2, 0) is 19.1 Å². The van der Waals surface area contributed by atoms with E-state index < -0.39 is 30.3 Å². The Morgan fingerprint density at radius 3 is 2.41 bits per heavy atom. The molecule has 0 fully saturated rings. The summed E-state index contributed by atoms with van der Waals surface area (Å²) in [5, 5.41) is 24.4. The van der Waals surface area contributed by atoms with E-state index in [1.807, 2.05) is 0 Å². The molecular formula is C24H24F2N4O4. The van der Waals surface area contributed by atoms with Crippen molar-refractivity contribution in [2.75, 3.05) is 13.2 Å². The molecule has 3 aromatic heterocycles. The fourth-order valence-corrected chi connectivity index (χ4v) is 3.93. The van der Waals surface area contributed by atoms with Crippen LogP contribution >= 0.6 is 0 Å². The van der Waals surface area contributed by atoms with Gasteiger partial charge in [0.2, 0.25) is 0 Å². The summed E-state index contributed by atoms with van der Waals surface area (Å²) >= 11 is 0. The highest BCUT2D eigenvalue weighted by atomic mass is 19.1. The van der Waals surface area contributed by atoms with Crippen molar-refractivity contribution in [1.82, 2.24) is 19.2 Å². The van der Waals surface area contributed by atoms with E-state index in [-0.39, 0.29) is 35.8 Å². The second-order valence-corrected chi connectivity index (χ2v) is 8.17. The fourth-order valence-electron chi connectivity index (χ4n) is 3.93. The van der Waals surface area contributed by atoms with Crippen molar-refractivity contribution in [3.05, 3.63) is 83.1 Å². The number of ketones is 1. The third kappa shape index (κ3) is 4.17. The molecule has 1 aromatic carbocycles. The quantitative estimate of drug-likeness (QED) is 0.365. The summed E-state index contributed by atoms with van der Waals surface area (Å²) in [7, 11) is 1.70. The molecule has 34 heavy (non-hydrogen) atoms. The van der Waals surface area contributed by atoms with Gasteiger partial charge >= 0.3 is 0 Å². The number of rotatable bonds is 9. The van der Waals surface area contributed by atoms with E-state index in [4.69, 9.17) is 4.74 Å². The number of hydrogen-bond donors (Lipinski definition) is 2. The lowest BCUT2D eigenvalue weighted by molar-refractivity contribution is 0.0770. The van der Waals surface area contributed by atoms with Gasteiger partial charge in [-0.15, -0.1) is 0 Å². The van der Waals surface area contributed by atoms with Gasteiger partial charge in [-0.1, -0.05) is 6.07 Å². The van der Waals surface area contributed by atoms with Crippen molar-refractivity contribution in [3.63, 3.8) is 0 Å². The van der Waals surface area contributed by atoms with Crippen molar-refractivity contribution >= 4 is 11.4 Å². The van der Waals surface area contributed by atoms with Crippen LogP contribution in [0.15, 0.2) is 48.8 Å². The molecule has 3 heterocycles. The number of hydrogen-bond acceptors (Lipinski definition) is 6. The van der Waals surface area contributed by atoms with Crippen LogP contribution < -0.4 is 4.74 Å². The zero-order chi connectivity index (χ0) is 24.5. The van der Waals surface area contributed by atoms with E-state index in [0.29, 0.717) is 17.0 Å². The molecule has 0 atom stereocenters. The minimum atomic E-state index is -1.27. The number of carbonyl (C=O) groups is 1. The molecule has 0 spiro atoms. The molecule has 0 radical (unpaired) electrons. The zero-order valence-electron chi connectivity index (χ0n) is 18.7. The van der Waals surface area contributed by atoms with Crippen LogP contribution in [-0.4, -0.2) is 48.4 Å². The number of benzene rings is 1. The molecule has 0 bridgehead atoms. The lowest BCUT2D eigenvalue weighted by atomic mass is 9.80. The lowest BCUT2D eigenvalue weighted by Gasteiger charge is -2.27. The molecule has 0 aliphatic rings. The third-order valence-corrected chi connectivity index (χ3v) is 5.85. The van der Waals surface area contributed by atoms with E-state index in [1.54, 1.807) is 44.6 Å². The number of pyridine rings is 1. The van der Waals surface area contributed by atoms with Gasteiger partial charge < -0.3 is 14.9 Å². The first-order valence-electron chi connectivity index (χ1n) is 10.6. The maximum absolute atomic E-state index is 14.0. The number of halogens is 2. The van der Waals surface area contributed by atoms with E-state index in [2.05, 4.69) is 10.1 Å². The van der Waals surface area contributed by atoms with Gasteiger partial charge in [0.1, 0.15) is 23.9 Å². The van der Waals surface area contributed by atoms with Crippen LogP contribution in [0.2, 0.25) is 0 Å². The van der Waals surface area contributed by atoms with Crippen LogP contribution in [0.1, 0.15) is 33.9 Å². The number of aliphatic hydroxyl groups is 2. The standard InChI is InChI=1S/C24H24F2N4O4/c1-15-22(19(33)11-24(13-31,14-32)21-8-10-29(2)28-21)30-9-4-7-20(23(30)27-15)34-12-16-17(25)5-3-6-18(16)26/h3-10,31-32H,11-14H2,1-2H3. The first kappa shape index (κ1) is 23.5. The van der Waals surface area contributed by atoms with E-state index in [0.717, 1.165) is 12.1 Å². The number of imidazole rings is 1. The Labute approximate surface area is 194 Å². The Hall–Kier alpha value is -3.63. The number of aryl methyl sites for hydroxylation is 2. The highest BCUT2D eigenvalue weighted by molar-refractivity contribution is 5.97. The topological polar surface area (TPSA) is 102 Å². The van der Waals surface area contributed by atoms with Gasteiger partial charge in [0.15, 0.2) is 17.2 Å². The highest BCUT2D eigenvalue weighted by Crippen LogP contribution is 2.30. The van der Waals surface area contributed by atoms with Crippen molar-refractivity contribution in [2.24, 2.45) is 7.05 Å². The van der Waals surface area contributed by atoms with Gasteiger partial charge in [0, 0.05) is 25.9 Å². The Balaban J connectivity index is 1.66. The van der Waals surface area contributed by atoms with Crippen molar-refractivity contribution in [3.8, 4) is 5.75 Å². The van der Waals surface area contributed by atoms with Crippen molar-refractivity contribution in [2.45, 2.75) is 25.4 Å². The maximum Gasteiger partial charge on any atom is 0.182 e. The minimum Gasteiger partial charge on any atom is -0.485 e. The average molecular weight is 470 g/mol. The van der Waals surface area contributed by atoms with Gasteiger partial charge in [-0.25, -0.2) is 13.8 Å². The molecule has 10 heteroatoms. The third-order valence-electron chi connectivity index (χ3n) is 5.85. The second-order valence-electron chi connectivity index (χ2n) is 8.17. The minimum absolute atomic E-state index is 0.211. The maximum atomic E-state index is 14.0. The summed E-state index contributed by atoms with van der Waals surface area (Å²) < 4.78 is 36.7. The lowest BCUT2D eigenvalue weighted by Crippen LogP contribution is -2.38. The SMILES string of the molecule is Cc1nc2c(OCc3c(F)cccc3F)cccn2c1C(=O)CC(CO)(CO)c1ccn(C)n1. The number of carbonyl (C=O) groups excluding carboxylic acids is 1. The van der Waals surface area contributed by atoms with Crippen LogP contribution in [0.3, 0.4) is 0 Å². The summed E-state index contributed by atoms with van der Waals surface area (Å²) in [6, 6.07) is 8.43. The molecule has 2 N–H and O–H groups in total. The van der Waals surface area contributed by atoms with Crippen molar-refractivity contribution in [1.29, 1.82) is 0 Å². The number of aliphatic hydroxyl groups excluding tert-OH is 2. The summed E-state index contributed by atoms with van der Waals surface area (Å²) in [5.41, 5.74) is -0.128. The predicted molar refractivity (Wildman–Crippen MR) is 119 cm³/mol. The molecule has 0 saturated carbocycles. The molecule has 0 aliphatic carbocycles. The molecule has 8 nitrogen and oxygen atoms in total. The Morgan fingerprint density at radius 2 is 1.79 bits per heavy atom. The number of Topliss-reactive ketones (excluding diaryl/α,β-unsaturated/α-hetero) is 1. The Kier molecular flexibility index (Phi) is 6.45. The molecule has 4 aromatic rings. The monoisotopic (exact) mass is 470 g/mol. The van der Waals surface area contributed by atoms with Crippen LogP contribution in [0.4, 0.5) is 8.78 Å². The van der Waals surface area contributed by atoms with Gasteiger partial charge in [-0.05, 0) is 37.3 Å². The molecule has 0 saturated heterocycles. The van der Waals surface area contributed by atoms with Crippen LogP contribution in [0.25, 0.3) is 5.65 Å². The molecule has 4 rings (SSSR count). The number of fused-ring (bicyclic) bond motifs is 1. The van der Waals surface area contributed by atoms with E-state index >= 15 is 0 Å². The molecule has 0 aliphatic heterocycles.